The molecule has 1 saturated heterocycles. The summed E-state index contributed by atoms with van der Waals surface area (Å²) >= 11 is 1.50. The van der Waals surface area contributed by atoms with Crippen LogP contribution in [0.3, 0.4) is 0 Å². The fourth-order valence-electron chi connectivity index (χ4n) is 4.90. The molecule has 0 bridgehead atoms. The molecular formula is C23H31N5OS. The van der Waals surface area contributed by atoms with Crippen molar-refractivity contribution >= 4 is 22.8 Å². The molecule has 0 radical (unpaired) electrons. The Morgan fingerprint density at radius 2 is 2.10 bits per heavy atom. The minimum absolute atomic E-state index is 0.181. The molecule has 6 nitrogen and oxygen atoms in total. The van der Waals surface area contributed by atoms with Crippen molar-refractivity contribution < 1.29 is 4.42 Å². The molecule has 2 heterocycles. The normalized spacial score (nSPS) is 23.5. The molecule has 2 aromatic rings. The summed E-state index contributed by atoms with van der Waals surface area (Å²) < 4.78 is 5.28. The SMILES string of the molecule is Cc1ncoc1C(=N)N(C)C(=N)SCCCN1CC[C@@]2(CC[C@H]2c2ccccc2)C1. The highest BCUT2D eigenvalue weighted by Gasteiger charge is 2.50. The number of thioether (sulfide) groups is 1. The van der Waals surface area contributed by atoms with E-state index in [-0.39, 0.29) is 5.84 Å². The maximum atomic E-state index is 8.28. The highest BCUT2D eigenvalue weighted by Crippen LogP contribution is 2.57. The van der Waals surface area contributed by atoms with Crippen molar-refractivity contribution in [3.8, 4) is 0 Å². The standard InChI is InChI=1S/C23H31N5OS/c1-17-20(29-16-26-17)21(24)27(2)22(25)30-14-6-12-28-13-11-23(15-28)10-9-19(23)18-7-4-3-5-8-18/h3-5,7-8,16,19,24-25H,6,9-15H2,1-2H3/t19-,23-/m0/s1. The van der Waals surface area contributed by atoms with E-state index in [2.05, 4.69) is 40.2 Å². The first-order chi connectivity index (χ1) is 14.5. The third-order valence-corrected chi connectivity index (χ3v) is 7.83. The molecule has 1 aromatic carbocycles. The Morgan fingerprint density at radius 3 is 2.77 bits per heavy atom. The largest absolute Gasteiger partial charge is 0.440 e. The number of rotatable bonds is 6. The lowest BCUT2D eigenvalue weighted by Crippen LogP contribution is -2.41. The van der Waals surface area contributed by atoms with Gasteiger partial charge in [0.2, 0.25) is 0 Å². The fraction of sp³-hybridized carbons (Fsp3) is 0.522. The predicted molar refractivity (Wildman–Crippen MR) is 123 cm³/mol. The summed E-state index contributed by atoms with van der Waals surface area (Å²) in [6.45, 7) is 5.31. The molecule has 4 rings (SSSR count). The van der Waals surface area contributed by atoms with Gasteiger partial charge in [-0.2, -0.15) is 0 Å². The maximum absolute atomic E-state index is 8.28. The van der Waals surface area contributed by atoms with Crippen molar-refractivity contribution in [2.45, 2.75) is 38.5 Å². The number of likely N-dealkylation sites (tertiary alicyclic amines) is 1. The summed E-state index contributed by atoms with van der Waals surface area (Å²) in [5.74, 6) is 2.22. The minimum atomic E-state index is 0.181. The molecule has 1 saturated carbocycles. The van der Waals surface area contributed by atoms with Gasteiger partial charge in [-0.1, -0.05) is 42.1 Å². The number of aryl methyl sites for hydroxylation is 1. The molecular weight excluding hydrogens is 394 g/mol. The second-order valence-corrected chi connectivity index (χ2v) is 9.66. The van der Waals surface area contributed by atoms with Crippen LogP contribution in [0.5, 0.6) is 0 Å². The van der Waals surface area contributed by atoms with Crippen LogP contribution >= 0.6 is 11.8 Å². The number of aromatic nitrogens is 1. The molecule has 2 fully saturated rings. The minimum Gasteiger partial charge on any atom is -0.440 e. The summed E-state index contributed by atoms with van der Waals surface area (Å²) in [4.78, 5) is 8.20. The monoisotopic (exact) mass is 425 g/mol. The van der Waals surface area contributed by atoms with Crippen LogP contribution in [0, 0.1) is 23.2 Å². The van der Waals surface area contributed by atoms with Gasteiger partial charge in [0.15, 0.2) is 23.2 Å². The number of hydrogen-bond acceptors (Lipinski definition) is 6. The van der Waals surface area contributed by atoms with E-state index in [1.54, 1.807) is 11.9 Å². The quantitative estimate of drug-likeness (QED) is 0.403. The van der Waals surface area contributed by atoms with Crippen molar-refractivity contribution in [3.05, 3.63) is 53.7 Å². The summed E-state index contributed by atoms with van der Waals surface area (Å²) in [6, 6.07) is 11.0. The fourth-order valence-corrected chi connectivity index (χ4v) is 5.65. The van der Waals surface area contributed by atoms with Gasteiger partial charge < -0.3 is 14.2 Å². The van der Waals surface area contributed by atoms with Crippen molar-refractivity contribution in [2.75, 3.05) is 32.4 Å². The van der Waals surface area contributed by atoms with Crippen LogP contribution in [0.25, 0.3) is 0 Å². The van der Waals surface area contributed by atoms with Crippen LogP contribution < -0.4 is 0 Å². The average Bonchev–Trinajstić information content (AvgIpc) is 3.38. The second kappa shape index (κ2) is 8.94. The van der Waals surface area contributed by atoms with Gasteiger partial charge in [-0.25, -0.2) is 4.98 Å². The number of nitrogens with zero attached hydrogens (tertiary/aromatic N) is 3. The zero-order chi connectivity index (χ0) is 21.1. The molecule has 7 heteroatoms. The van der Waals surface area contributed by atoms with Crippen molar-refractivity contribution in [3.63, 3.8) is 0 Å². The third kappa shape index (κ3) is 4.18. The van der Waals surface area contributed by atoms with E-state index >= 15 is 0 Å². The molecule has 2 N–H and O–H groups in total. The molecule has 0 amide bonds. The van der Waals surface area contributed by atoms with Gasteiger partial charge in [0.05, 0.1) is 5.69 Å². The number of hydrogen-bond donors (Lipinski definition) is 2. The van der Waals surface area contributed by atoms with Gasteiger partial charge in [0.1, 0.15) is 0 Å². The average molecular weight is 426 g/mol. The summed E-state index contributed by atoms with van der Waals surface area (Å²) in [5.41, 5.74) is 2.69. The molecule has 2 atom stereocenters. The molecule has 1 spiro atoms. The van der Waals surface area contributed by atoms with E-state index in [9.17, 15) is 0 Å². The van der Waals surface area contributed by atoms with Gasteiger partial charge in [-0.3, -0.25) is 10.8 Å². The first-order valence-corrected chi connectivity index (χ1v) is 11.7. The summed E-state index contributed by atoms with van der Waals surface area (Å²) in [6.07, 6.45) is 6.40. The van der Waals surface area contributed by atoms with Gasteiger partial charge in [0.25, 0.3) is 0 Å². The number of benzene rings is 1. The predicted octanol–water partition coefficient (Wildman–Crippen LogP) is 4.57. The number of oxazole rings is 1. The highest BCUT2D eigenvalue weighted by molar-refractivity contribution is 8.13. The van der Waals surface area contributed by atoms with Gasteiger partial charge in [0, 0.05) is 19.3 Å². The Balaban J connectivity index is 1.20. The van der Waals surface area contributed by atoms with E-state index in [1.807, 2.05) is 6.92 Å². The van der Waals surface area contributed by atoms with E-state index < -0.39 is 0 Å². The number of amidine groups is 2. The van der Waals surface area contributed by atoms with Crippen LogP contribution in [-0.4, -0.2) is 58.2 Å². The maximum Gasteiger partial charge on any atom is 0.192 e. The molecule has 30 heavy (non-hydrogen) atoms. The van der Waals surface area contributed by atoms with Gasteiger partial charge in [-0.05, 0) is 62.6 Å². The topological polar surface area (TPSA) is 80.2 Å². The van der Waals surface area contributed by atoms with Crippen molar-refractivity contribution in [2.24, 2.45) is 5.41 Å². The molecule has 1 aliphatic heterocycles. The second-order valence-electron chi connectivity index (χ2n) is 8.57. The first-order valence-electron chi connectivity index (χ1n) is 10.7. The van der Waals surface area contributed by atoms with Crippen LogP contribution in [0.4, 0.5) is 0 Å². The van der Waals surface area contributed by atoms with Crippen LogP contribution in [-0.2, 0) is 0 Å². The van der Waals surface area contributed by atoms with Crippen LogP contribution in [0.15, 0.2) is 41.1 Å². The third-order valence-electron chi connectivity index (χ3n) is 6.79. The highest BCUT2D eigenvalue weighted by atomic mass is 32.2. The smallest absolute Gasteiger partial charge is 0.192 e. The Kier molecular flexibility index (Phi) is 6.29. The van der Waals surface area contributed by atoms with Gasteiger partial charge >= 0.3 is 0 Å². The molecule has 160 valence electrons. The van der Waals surface area contributed by atoms with Crippen LogP contribution in [0.2, 0.25) is 0 Å². The Hall–Kier alpha value is -2.12. The summed E-state index contributed by atoms with van der Waals surface area (Å²) in [7, 11) is 1.74. The lowest BCUT2D eigenvalue weighted by Gasteiger charge is -2.48. The molecule has 1 aliphatic carbocycles. The zero-order valence-electron chi connectivity index (χ0n) is 17.9. The Labute approximate surface area is 183 Å². The lowest BCUT2D eigenvalue weighted by molar-refractivity contribution is 0.0973. The number of nitrogens with one attached hydrogen (secondary N) is 2. The van der Waals surface area contributed by atoms with Crippen molar-refractivity contribution in [1.82, 2.24) is 14.8 Å². The first kappa shape index (κ1) is 21.1. The van der Waals surface area contributed by atoms with Crippen LogP contribution in [0.1, 0.15) is 48.6 Å². The zero-order valence-corrected chi connectivity index (χ0v) is 18.7. The molecule has 0 unspecified atom stereocenters. The van der Waals surface area contributed by atoms with Gasteiger partial charge in [-0.15, -0.1) is 0 Å². The van der Waals surface area contributed by atoms with E-state index in [0.717, 1.165) is 24.6 Å². The van der Waals surface area contributed by atoms with Crippen molar-refractivity contribution in [1.29, 1.82) is 10.8 Å². The Bertz CT molecular complexity index is 898. The molecule has 2 aliphatic rings. The summed E-state index contributed by atoms with van der Waals surface area (Å²) in [5, 5.41) is 16.9. The van der Waals surface area contributed by atoms with E-state index in [4.69, 9.17) is 15.2 Å². The van der Waals surface area contributed by atoms with E-state index in [1.165, 1.54) is 56.1 Å². The lowest BCUT2D eigenvalue weighted by atomic mass is 9.57. The Morgan fingerprint density at radius 1 is 1.30 bits per heavy atom. The molecule has 1 aromatic heterocycles. The van der Waals surface area contributed by atoms with E-state index in [0.29, 0.717) is 22.0 Å².